The summed E-state index contributed by atoms with van der Waals surface area (Å²) in [5.74, 6) is -4.01. The number of hydrogen-bond donors (Lipinski definition) is 4. The molecule has 23 heavy (non-hydrogen) atoms. The molecule has 0 atom stereocenters. The molecule has 0 unspecified atom stereocenters. The molecule has 0 aromatic heterocycles. The van der Waals surface area contributed by atoms with Crippen molar-refractivity contribution in [3.05, 3.63) is 12.7 Å². The van der Waals surface area contributed by atoms with E-state index in [0.29, 0.717) is 4.90 Å². The second-order valence-electron chi connectivity index (χ2n) is 4.10. The van der Waals surface area contributed by atoms with Crippen LogP contribution in [-0.2, 0) is 24.0 Å². The number of rotatable bonds is 9. The molecule has 0 bridgehead atoms. The lowest BCUT2D eigenvalue weighted by molar-refractivity contribution is -0.132. The van der Waals surface area contributed by atoms with E-state index in [1.807, 2.05) is 0 Å². The highest BCUT2D eigenvalue weighted by Gasteiger charge is 2.19. The first-order valence-corrected chi connectivity index (χ1v) is 5.99. The molecule has 11 nitrogen and oxygen atoms in total. The van der Waals surface area contributed by atoms with Crippen LogP contribution in [0.5, 0.6) is 0 Å². The zero-order chi connectivity index (χ0) is 18.6. The molecule has 0 rings (SSSR count). The van der Waals surface area contributed by atoms with Gasteiger partial charge < -0.3 is 27.2 Å². The van der Waals surface area contributed by atoms with Crippen molar-refractivity contribution in [1.82, 2.24) is 4.90 Å². The average molecular weight is 330 g/mol. The number of carbonyl (C=O) groups excluding carboxylic acids is 5. The average Bonchev–Trinajstić information content (AvgIpc) is 2.36. The molecule has 0 aliphatic rings. The third-order valence-electron chi connectivity index (χ3n) is 1.96. The number of primary amides is 3. The molecule has 0 aliphatic heterocycles. The summed E-state index contributed by atoms with van der Waals surface area (Å²) in [6, 6.07) is -1.02. The molecule has 11 heteroatoms. The van der Waals surface area contributed by atoms with E-state index in [9.17, 15) is 28.8 Å². The first kappa shape index (κ1) is 22.0. The molecule has 7 N–H and O–H groups in total. The summed E-state index contributed by atoms with van der Waals surface area (Å²) in [4.78, 5) is 64.3. The van der Waals surface area contributed by atoms with E-state index in [1.54, 1.807) is 0 Å². The Morgan fingerprint density at radius 1 is 0.870 bits per heavy atom. The smallest absolute Gasteiger partial charge is 0.327 e. The maximum Gasteiger partial charge on any atom is 0.327 e. The summed E-state index contributed by atoms with van der Waals surface area (Å²) < 4.78 is 0. The minimum absolute atomic E-state index is 0.525. The summed E-state index contributed by atoms with van der Waals surface area (Å²) in [5.41, 5.74) is 14.5. The highest BCUT2D eigenvalue weighted by Crippen LogP contribution is 1.94. The van der Waals surface area contributed by atoms with Gasteiger partial charge in [0.25, 0.3) is 0 Å². The lowest BCUT2D eigenvalue weighted by Crippen LogP contribution is -2.43. The molecular weight excluding hydrogens is 312 g/mol. The first-order chi connectivity index (χ1) is 10.5. The van der Waals surface area contributed by atoms with Crippen molar-refractivity contribution in [2.45, 2.75) is 12.8 Å². The van der Waals surface area contributed by atoms with Gasteiger partial charge in [-0.15, -0.1) is 0 Å². The molecule has 0 aliphatic carbocycles. The second-order valence-corrected chi connectivity index (χ2v) is 4.10. The molecule has 4 amide bonds. The van der Waals surface area contributed by atoms with E-state index in [2.05, 4.69) is 6.58 Å². The van der Waals surface area contributed by atoms with E-state index in [4.69, 9.17) is 22.3 Å². The third kappa shape index (κ3) is 15.0. The molecule has 0 saturated carbocycles. The van der Waals surface area contributed by atoms with Crippen LogP contribution in [-0.4, -0.2) is 58.5 Å². The zero-order valence-corrected chi connectivity index (χ0v) is 12.2. The largest absolute Gasteiger partial charge is 0.478 e. The van der Waals surface area contributed by atoms with Crippen LogP contribution in [0.1, 0.15) is 12.8 Å². The van der Waals surface area contributed by atoms with Gasteiger partial charge in [-0.3, -0.25) is 19.2 Å². The minimum Gasteiger partial charge on any atom is -0.478 e. The van der Waals surface area contributed by atoms with E-state index >= 15 is 0 Å². The van der Waals surface area contributed by atoms with Crippen molar-refractivity contribution >= 4 is 35.4 Å². The van der Waals surface area contributed by atoms with Gasteiger partial charge in [0, 0.05) is 6.08 Å². The monoisotopic (exact) mass is 330 g/mol. The molecule has 0 fully saturated rings. The van der Waals surface area contributed by atoms with E-state index < -0.39 is 61.3 Å². The highest BCUT2D eigenvalue weighted by molar-refractivity contribution is 6.01. The van der Waals surface area contributed by atoms with Crippen LogP contribution in [0.15, 0.2) is 12.7 Å². The lowest BCUT2D eigenvalue weighted by atomic mass is 10.2. The number of carbonyl (C=O) groups is 6. The Kier molecular flexibility index (Phi) is 10.9. The van der Waals surface area contributed by atoms with Gasteiger partial charge in [0.1, 0.15) is 0 Å². The van der Waals surface area contributed by atoms with Crippen LogP contribution in [0.25, 0.3) is 0 Å². The molecular formula is C12H18N4O7. The Labute approximate surface area is 131 Å². The fourth-order valence-corrected chi connectivity index (χ4v) is 1.14. The topological polar surface area (TPSA) is 204 Å². The van der Waals surface area contributed by atoms with Crippen LogP contribution in [0, 0.1) is 0 Å². The van der Waals surface area contributed by atoms with Crippen molar-refractivity contribution in [3.8, 4) is 0 Å². The SMILES string of the molecule is C=CC(=O)O.NC(=O)CC(=O)CN(CC(=O)CC(N)=O)C(N)=O. The van der Waals surface area contributed by atoms with Gasteiger partial charge in [0.05, 0.1) is 25.9 Å². The number of urea groups is 1. The number of nitrogens with zero attached hydrogens (tertiary/aromatic N) is 1. The summed E-state index contributed by atoms with van der Waals surface area (Å²) in [6.07, 6.45) is -0.290. The van der Waals surface area contributed by atoms with Gasteiger partial charge >= 0.3 is 12.0 Å². The maximum absolute atomic E-state index is 11.2. The van der Waals surface area contributed by atoms with Gasteiger partial charge in [-0.1, -0.05) is 6.58 Å². The fourth-order valence-electron chi connectivity index (χ4n) is 1.14. The van der Waals surface area contributed by atoms with E-state index in [0.717, 1.165) is 6.08 Å². The molecule has 128 valence electrons. The Hall–Kier alpha value is -3.24. The van der Waals surface area contributed by atoms with E-state index in [1.165, 1.54) is 0 Å². The van der Waals surface area contributed by atoms with Crippen molar-refractivity contribution < 1.29 is 33.9 Å². The summed E-state index contributed by atoms with van der Waals surface area (Å²) in [5, 5.41) is 7.60. The van der Waals surface area contributed by atoms with Gasteiger partial charge in [0.15, 0.2) is 11.6 Å². The van der Waals surface area contributed by atoms with E-state index in [-0.39, 0.29) is 0 Å². The van der Waals surface area contributed by atoms with Gasteiger partial charge in [-0.2, -0.15) is 0 Å². The number of carboxylic acids is 1. The molecule has 0 saturated heterocycles. The van der Waals surface area contributed by atoms with Crippen LogP contribution in [0.2, 0.25) is 0 Å². The van der Waals surface area contributed by atoms with Gasteiger partial charge in [-0.25, -0.2) is 9.59 Å². The Balaban J connectivity index is 0. The number of aliphatic carboxylic acids is 1. The van der Waals surface area contributed by atoms with Crippen LogP contribution in [0.4, 0.5) is 4.79 Å². The van der Waals surface area contributed by atoms with Crippen molar-refractivity contribution in [2.75, 3.05) is 13.1 Å². The molecule has 0 aromatic carbocycles. The third-order valence-corrected chi connectivity index (χ3v) is 1.96. The highest BCUT2D eigenvalue weighted by atomic mass is 16.4. The molecule has 0 radical (unpaired) electrons. The van der Waals surface area contributed by atoms with Crippen molar-refractivity contribution in [2.24, 2.45) is 17.2 Å². The number of carboxylic acid groups (broad SMARTS) is 1. The number of nitrogens with two attached hydrogens (primary N) is 3. The Morgan fingerprint density at radius 2 is 1.17 bits per heavy atom. The van der Waals surface area contributed by atoms with Gasteiger partial charge in [-0.05, 0) is 0 Å². The molecule has 0 aromatic rings. The molecule has 0 spiro atoms. The number of ketones is 2. The fraction of sp³-hybridized carbons (Fsp3) is 0.333. The number of amides is 4. The first-order valence-electron chi connectivity index (χ1n) is 5.99. The standard InChI is InChI=1S/C9H14N4O5.C3H4O2/c10-7(16)1-5(14)3-13(9(12)18)4-6(15)2-8(11)17;1-2-3(4)5/h1-4H2,(H2,10,16)(H2,11,17)(H2,12,18);2H,1H2,(H,4,5). The Morgan fingerprint density at radius 3 is 1.35 bits per heavy atom. The number of Topliss-reactive ketones (excluding diaryl/α,β-unsaturated/α-hetero) is 2. The minimum atomic E-state index is -1.02. The van der Waals surface area contributed by atoms with Crippen LogP contribution < -0.4 is 17.2 Å². The van der Waals surface area contributed by atoms with Crippen molar-refractivity contribution in [1.29, 1.82) is 0 Å². The maximum atomic E-state index is 11.2. The van der Waals surface area contributed by atoms with Gasteiger partial charge in [0.2, 0.25) is 11.8 Å². The Bertz CT molecular complexity index is 486. The summed E-state index contributed by atoms with van der Waals surface area (Å²) >= 11 is 0. The summed E-state index contributed by atoms with van der Waals surface area (Å²) in [6.45, 7) is 1.91. The van der Waals surface area contributed by atoms with Crippen molar-refractivity contribution in [3.63, 3.8) is 0 Å². The predicted molar refractivity (Wildman–Crippen MR) is 76.6 cm³/mol. The quantitative estimate of drug-likeness (QED) is 0.264. The summed E-state index contributed by atoms with van der Waals surface area (Å²) in [7, 11) is 0. The van der Waals surface area contributed by atoms with Crippen LogP contribution >= 0.6 is 0 Å². The predicted octanol–water partition coefficient (Wildman–Crippen LogP) is -2.49. The number of hydrogen-bond acceptors (Lipinski definition) is 6. The molecule has 0 heterocycles. The normalized spacial score (nSPS) is 8.87. The van der Waals surface area contributed by atoms with Crippen LogP contribution in [0.3, 0.4) is 0 Å². The zero-order valence-electron chi connectivity index (χ0n) is 12.2. The second kappa shape index (κ2) is 11.4. The lowest BCUT2D eigenvalue weighted by Gasteiger charge is -2.17.